The Hall–Kier alpha value is -3.35. The highest BCUT2D eigenvalue weighted by Crippen LogP contribution is 2.28. The first-order valence-corrected chi connectivity index (χ1v) is 9.76. The molecular formula is C22H16Cl2N4O2. The number of nitrogens with zero attached hydrogens (tertiary/aromatic N) is 2. The van der Waals surface area contributed by atoms with Crippen molar-refractivity contribution in [3.63, 3.8) is 0 Å². The van der Waals surface area contributed by atoms with Crippen LogP contribution in [-0.2, 0) is 0 Å². The number of amides is 1. The molecule has 0 saturated carbocycles. The highest BCUT2D eigenvalue weighted by atomic mass is 35.5. The third-order valence-electron chi connectivity index (χ3n) is 4.22. The standard InChI is InChI=1S/C22H16Cl2N4O2/c1-25-22(29)20-12-18(6-7-26-20)30-17-3-4-19-13(8-17)2-5-21(28-19)27-16-10-14(23)9-15(24)11-16/h2-12H,1H3,(H,25,29)(H,27,28). The molecule has 2 N–H and O–H groups in total. The summed E-state index contributed by atoms with van der Waals surface area (Å²) >= 11 is 12.1. The van der Waals surface area contributed by atoms with Crippen molar-refractivity contribution >= 4 is 51.5 Å². The van der Waals surface area contributed by atoms with Crippen LogP contribution in [-0.4, -0.2) is 22.9 Å². The van der Waals surface area contributed by atoms with Crippen molar-refractivity contribution in [3.05, 3.63) is 82.6 Å². The lowest BCUT2D eigenvalue weighted by molar-refractivity contribution is 0.0958. The van der Waals surface area contributed by atoms with E-state index in [9.17, 15) is 4.79 Å². The minimum absolute atomic E-state index is 0.274. The summed E-state index contributed by atoms with van der Waals surface area (Å²) in [7, 11) is 1.55. The van der Waals surface area contributed by atoms with E-state index in [2.05, 4.69) is 20.6 Å². The monoisotopic (exact) mass is 438 g/mol. The van der Waals surface area contributed by atoms with Crippen LogP contribution in [0.5, 0.6) is 11.5 Å². The minimum Gasteiger partial charge on any atom is -0.457 e. The zero-order chi connectivity index (χ0) is 21.1. The fourth-order valence-corrected chi connectivity index (χ4v) is 3.40. The predicted octanol–water partition coefficient (Wildman–Crippen LogP) is 5.83. The molecule has 0 bridgehead atoms. The number of benzene rings is 2. The summed E-state index contributed by atoms with van der Waals surface area (Å²) in [4.78, 5) is 20.4. The van der Waals surface area contributed by atoms with Gasteiger partial charge in [-0.15, -0.1) is 0 Å². The first-order chi connectivity index (χ1) is 14.5. The molecule has 4 rings (SSSR count). The number of fused-ring (bicyclic) bond motifs is 1. The third kappa shape index (κ3) is 4.62. The summed E-state index contributed by atoms with van der Waals surface area (Å²) in [6.07, 6.45) is 1.53. The van der Waals surface area contributed by atoms with Crippen LogP contribution in [0.25, 0.3) is 10.9 Å². The maximum atomic E-state index is 11.7. The van der Waals surface area contributed by atoms with E-state index in [4.69, 9.17) is 27.9 Å². The molecule has 0 atom stereocenters. The number of halogens is 2. The first-order valence-electron chi connectivity index (χ1n) is 9.00. The van der Waals surface area contributed by atoms with E-state index in [0.29, 0.717) is 27.4 Å². The van der Waals surface area contributed by atoms with Crippen molar-refractivity contribution in [1.82, 2.24) is 15.3 Å². The Morgan fingerprint density at radius 2 is 1.70 bits per heavy atom. The number of rotatable bonds is 5. The number of carbonyl (C=O) groups is 1. The number of ether oxygens (including phenoxy) is 1. The third-order valence-corrected chi connectivity index (χ3v) is 4.66. The van der Waals surface area contributed by atoms with Crippen molar-refractivity contribution in [2.24, 2.45) is 0 Å². The van der Waals surface area contributed by atoms with Crippen molar-refractivity contribution in [2.75, 3.05) is 12.4 Å². The SMILES string of the molecule is CNC(=O)c1cc(Oc2ccc3nc(Nc4cc(Cl)cc(Cl)c4)ccc3c2)ccn1. The highest BCUT2D eigenvalue weighted by molar-refractivity contribution is 6.35. The van der Waals surface area contributed by atoms with Gasteiger partial charge in [0, 0.05) is 40.4 Å². The Labute approximate surface area is 182 Å². The normalized spacial score (nSPS) is 10.6. The number of carbonyl (C=O) groups excluding carboxylic acids is 1. The van der Waals surface area contributed by atoms with Gasteiger partial charge < -0.3 is 15.4 Å². The van der Waals surface area contributed by atoms with Crippen LogP contribution in [0.4, 0.5) is 11.5 Å². The largest absolute Gasteiger partial charge is 0.457 e. The molecule has 2 aromatic carbocycles. The Bertz CT molecular complexity index is 1230. The van der Waals surface area contributed by atoms with E-state index in [1.54, 1.807) is 37.4 Å². The van der Waals surface area contributed by atoms with Gasteiger partial charge in [0.05, 0.1) is 5.52 Å². The Morgan fingerprint density at radius 1 is 0.933 bits per heavy atom. The van der Waals surface area contributed by atoms with Gasteiger partial charge in [-0.1, -0.05) is 23.2 Å². The minimum atomic E-state index is -0.274. The molecule has 30 heavy (non-hydrogen) atoms. The van der Waals surface area contributed by atoms with E-state index in [1.165, 1.54) is 6.20 Å². The number of hydrogen-bond acceptors (Lipinski definition) is 5. The molecule has 1 amide bonds. The number of nitrogens with one attached hydrogen (secondary N) is 2. The Kier molecular flexibility index (Phi) is 5.70. The topological polar surface area (TPSA) is 76.1 Å². The van der Waals surface area contributed by atoms with Crippen molar-refractivity contribution < 1.29 is 9.53 Å². The van der Waals surface area contributed by atoms with Gasteiger partial charge in [0.15, 0.2) is 0 Å². The van der Waals surface area contributed by atoms with E-state index in [1.807, 2.05) is 30.3 Å². The molecule has 150 valence electrons. The summed E-state index contributed by atoms with van der Waals surface area (Å²) in [5.41, 5.74) is 1.83. The predicted molar refractivity (Wildman–Crippen MR) is 119 cm³/mol. The first kappa shape index (κ1) is 19.9. The fraction of sp³-hybridized carbons (Fsp3) is 0.0455. The molecule has 6 nitrogen and oxygen atoms in total. The molecule has 0 radical (unpaired) electrons. The molecule has 2 aromatic heterocycles. The van der Waals surface area contributed by atoms with Crippen LogP contribution in [0.15, 0.2) is 66.9 Å². The van der Waals surface area contributed by atoms with E-state index in [0.717, 1.165) is 16.6 Å². The molecule has 0 spiro atoms. The molecule has 8 heteroatoms. The average molecular weight is 439 g/mol. The van der Waals surface area contributed by atoms with Gasteiger partial charge in [-0.25, -0.2) is 4.98 Å². The number of aromatic nitrogens is 2. The van der Waals surface area contributed by atoms with Gasteiger partial charge in [0.25, 0.3) is 5.91 Å². The van der Waals surface area contributed by atoms with Crippen LogP contribution in [0, 0.1) is 0 Å². The van der Waals surface area contributed by atoms with Crippen molar-refractivity contribution in [1.29, 1.82) is 0 Å². The maximum absolute atomic E-state index is 11.7. The van der Waals surface area contributed by atoms with Crippen molar-refractivity contribution in [2.45, 2.75) is 0 Å². The molecule has 0 aliphatic heterocycles. The zero-order valence-electron chi connectivity index (χ0n) is 15.8. The van der Waals surface area contributed by atoms with Gasteiger partial charge in [0.2, 0.25) is 0 Å². The number of hydrogen-bond donors (Lipinski definition) is 2. The Balaban J connectivity index is 1.55. The molecule has 0 saturated heterocycles. The second-order valence-corrected chi connectivity index (χ2v) is 7.26. The van der Waals surface area contributed by atoms with Crippen molar-refractivity contribution in [3.8, 4) is 11.5 Å². The molecule has 2 heterocycles. The molecule has 0 unspecified atom stereocenters. The summed E-state index contributed by atoms with van der Waals surface area (Å²) in [5.74, 6) is 1.54. The molecular weight excluding hydrogens is 423 g/mol. The zero-order valence-corrected chi connectivity index (χ0v) is 17.3. The summed E-state index contributed by atoms with van der Waals surface area (Å²) in [6.45, 7) is 0. The van der Waals surface area contributed by atoms with E-state index >= 15 is 0 Å². The van der Waals surface area contributed by atoms with Gasteiger partial charge in [0.1, 0.15) is 23.0 Å². The lowest BCUT2D eigenvalue weighted by Crippen LogP contribution is -2.18. The van der Waals surface area contributed by atoms with E-state index in [-0.39, 0.29) is 11.6 Å². The molecule has 0 aliphatic rings. The Morgan fingerprint density at radius 3 is 2.47 bits per heavy atom. The van der Waals surface area contributed by atoms with E-state index < -0.39 is 0 Å². The van der Waals surface area contributed by atoms with Gasteiger partial charge in [-0.3, -0.25) is 9.78 Å². The maximum Gasteiger partial charge on any atom is 0.269 e. The lowest BCUT2D eigenvalue weighted by atomic mass is 10.2. The average Bonchev–Trinajstić information content (AvgIpc) is 2.72. The molecule has 4 aromatic rings. The quantitative estimate of drug-likeness (QED) is 0.409. The summed E-state index contributed by atoms with van der Waals surface area (Å²) in [6, 6.07) is 17.9. The molecule has 0 fully saturated rings. The van der Waals surface area contributed by atoms with Crippen LogP contribution in [0.2, 0.25) is 10.0 Å². The number of pyridine rings is 2. The second-order valence-electron chi connectivity index (χ2n) is 6.39. The van der Waals surface area contributed by atoms with Crippen LogP contribution in [0.1, 0.15) is 10.5 Å². The van der Waals surface area contributed by atoms with Crippen LogP contribution >= 0.6 is 23.2 Å². The smallest absolute Gasteiger partial charge is 0.269 e. The van der Waals surface area contributed by atoms with Gasteiger partial charge in [-0.05, 0) is 54.6 Å². The van der Waals surface area contributed by atoms with Crippen LogP contribution < -0.4 is 15.4 Å². The summed E-state index contributed by atoms with van der Waals surface area (Å²) < 4.78 is 5.88. The fourth-order valence-electron chi connectivity index (χ4n) is 2.87. The van der Waals surface area contributed by atoms with Gasteiger partial charge in [-0.2, -0.15) is 0 Å². The summed E-state index contributed by atoms with van der Waals surface area (Å²) in [5, 5.41) is 7.73. The molecule has 0 aliphatic carbocycles. The lowest BCUT2D eigenvalue weighted by Gasteiger charge is -2.10. The number of anilines is 2. The van der Waals surface area contributed by atoms with Crippen LogP contribution in [0.3, 0.4) is 0 Å². The highest BCUT2D eigenvalue weighted by Gasteiger charge is 2.08. The van der Waals surface area contributed by atoms with Gasteiger partial charge >= 0.3 is 0 Å². The second kappa shape index (κ2) is 8.57.